The monoisotopic (exact) mass is 441 g/mol. The molecule has 154 valence electrons. The third kappa shape index (κ3) is 4.06. The average Bonchev–Trinajstić information content (AvgIpc) is 3.16. The normalized spacial score (nSPS) is 13.8. The van der Waals surface area contributed by atoms with E-state index in [1.54, 1.807) is 24.3 Å². The predicted octanol–water partition coefficient (Wildman–Crippen LogP) is 3.44. The van der Waals surface area contributed by atoms with Crippen molar-refractivity contribution in [2.75, 3.05) is 5.75 Å². The van der Waals surface area contributed by atoms with Gasteiger partial charge in [0.05, 0.1) is 5.75 Å². The Kier molecular flexibility index (Phi) is 5.53. The van der Waals surface area contributed by atoms with E-state index in [2.05, 4.69) is 45.5 Å². The highest BCUT2D eigenvalue weighted by atomic mass is 35.5. The maximum absolute atomic E-state index is 12.2. The standard InChI is InChI=1S/C21H20ClN5O2S/c1-21(2)11-14-5-3-4-6-16(14)18-24-26-20(27(18)21)30-12-17(28)23-25-19(29)13-7-9-15(22)10-8-13/h3-10H,11-12H2,1-2H3,(H,23,28)(H,25,29). The van der Waals surface area contributed by atoms with Gasteiger partial charge in [-0.3, -0.25) is 25.0 Å². The minimum atomic E-state index is -0.414. The predicted molar refractivity (Wildman–Crippen MR) is 116 cm³/mol. The maximum atomic E-state index is 12.2. The summed E-state index contributed by atoms with van der Waals surface area (Å²) in [6, 6.07) is 14.6. The lowest BCUT2D eigenvalue weighted by molar-refractivity contribution is -0.119. The van der Waals surface area contributed by atoms with Crippen LogP contribution in [-0.2, 0) is 16.8 Å². The molecule has 0 atom stereocenters. The number of hydrazine groups is 1. The van der Waals surface area contributed by atoms with Gasteiger partial charge in [-0.05, 0) is 50.1 Å². The lowest BCUT2D eigenvalue weighted by atomic mass is 9.87. The number of fused-ring (bicyclic) bond motifs is 3. The second-order valence-corrected chi connectivity index (χ2v) is 8.96. The Morgan fingerprint density at radius 2 is 1.83 bits per heavy atom. The van der Waals surface area contributed by atoms with Crippen molar-refractivity contribution in [3.8, 4) is 11.4 Å². The number of benzene rings is 2. The minimum absolute atomic E-state index is 0.0940. The van der Waals surface area contributed by atoms with Crippen LogP contribution in [0.5, 0.6) is 0 Å². The summed E-state index contributed by atoms with van der Waals surface area (Å²) in [5, 5.41) is 9.89. The number of nitrogens with one attached hydrogen (secondary N) is 2. The van der Waals surface area contributed by atoms with Gasteiger partial charge in [0, 0.05) is 21.7 Å². The number of carbonyl (C=O) groups is 2. The number of hydrogen-bond donors (Lipinski definition) is 2. The zero-order valence-electron chi connectivity index (χ0n) is 16.5. The fourth-order valence-corrected chi connectivity index (χ4v) is 4.51. The summed E-state index contributed by atoms with van der Waals surface area (Å²) < 4.78 is 2.08. The van der Waals surface area contributed by atoms with Gasteiger partial charge in [-0.1, -0.05) is 47.6 Å². The molecule has 2 aromatic carbocycles. The summed E-state index contributed by atoms with van der Waals surface area (Å²) in [7, 11) is 0. The van der Waals surface area contributed by atoms with Crippen LogP contribution >= 0.6 is 23.4 Å². The first-order chi connectivity index (χ1) is 14.3. The highest BCUT2D eigenvalue weighted by Crippen LogP contribution is 2.39. The van der Waals surface area contributed by atoms with Crippen LogP contribution in [0.3, 0.4) is 0 Å². The molecular formula is C21H20ClN5O2S. The topological polar surface area (TPSA) is 88.9 Å². The summed E-state index contributed by atoms with van der Waals surface area (Å²) in [4.78, 5) is 24.3. The Balaban J connectivity index is 1.40. The second-order valence-electron chi connectivity index (χ2n) is 7.59. The van der Waals surface area contributed by atoms with E-state index in [1.165, 1.54) is 17.3 Å². The van der Waals surface area contributed by atoms with E-state index in [1.807, 2.05) is 18.2 Å². The first kappa shape index (κ1) is 20.4. The van der Waals surface area contributed by atoms with Crippen molar-refractivity contribution in [2.45, 2.75) is 31.0 Å². The summed E-state index contributed by atoms with van der Waals surface area (Å²) in [5.41, 5.74) is 7.32. The molecule has 1 aromatic heterocycles. The van der Waals surface area contributed by atoms with E-state index < -0.39 is 5.91 Å². The first-order valence-electron chi connectivity index (χ1n) is 9.37. The molecule has 0 fully saturated rings. The third-order valence-corrected chi connectivity index (χ3v) is 6.06. The molecule has 7 nitrogen and oxygen atoms in total. The fraction of sp³-hybridized carbons (Fsp3) is 0.238. The van der Waals surface area contributed by atoms with Crippen molar-refractivity contribution in [2.24, 2.45) is 0 Å². The Labute approximate surface area is 183 Å². The van der Waals surface area contributed by atoms with Gasteiger partial charge in [0.25, 0.3) is 5.91 Å². The number of nitrogens with zero attached hydrogens (tertiary/aromatic N) is 3. The third-order valence-electron chi connectivity index (χ3n) is 4.87. The molecule has 0 radical (unpaired) electrons. The molecule has 0 bridgehead atoms. The molecule has 9 heteroatoms. The molecule has 30 heavy (non-hydrogen) atoms. The van der Waals surface area contributed by atoms with E-state index in [-0.39, 0.29) is 17.2 Å². The molecule has 0 aliphatic carbocycles. The Morgan fingerprint density at radius 1 is 1.10 bits per heavy atom. The van der Waals surface area contributed by atoms with Crippen LogP contribution in [0.4, 0.5) is 0 Å². The molecule has 0 saturated carbocycles. The summed E-state index contributed by atoms with van der Waals surface area (Å²) >= 11 is 7.10. The van der Waals surface area contributed by atoms with E-state index >= 15 is 0 Å². The van der Waals surface area contributed by atoms with Crippen LogP contribution in [0.1, 0.15) is 29.8 Å². The molecule has 3 aromatic rings. The number of amides is 2. The number of thioether (sulfide) groups is 1. The van der Waals surface area contributed by atoms with Gasteiger partial charge in [0.1, 0.15) is 0 Å². The van der Waals surface area contributed by atoms with E-state index in [0.717, 1.165) is 17.8 Å². The van der Waals surface area contributed by atoms with Gasteiger partial charge in [-0.2, -0.15) is 0 Å². The SMILES string of the molecule is CC1(C)Cc2ccccc2-c2nnc(SCC(=O)NNC(=O)c3ccc(Cl)cc3)n21. The summed E-state index contributed by atoms with van der Waals surface area (Å²) in [5.74, 6) is 0.147. The van der Waals surface area contributed by atoms with Crippen LogP contribution in [0.15, 0.2) is 53.7 Å². The molecule has 0 saturated heterocycles. The van der Waals surface area contributed by atoms with Crippen molar-refractivity contribution in [1.82, 2.24) is 25.6 Å². The molecule has 4 rings (SSSR count). The molecule has 2 heterocycles. The Bertz CT molecular complexity index is 1110. The average molecular weight is 442 g/mol. The van der Waals surface area contributed by atoms with Crippen LogP contribution < -0.4 is 10.9 Å². The molecular weight excluding hydrogens is 422 g/mol. The van der Waals surface area contributed by atoms with Crippen LogP contribution in [0.25, 0.3) is 11.4 Å². The first-order valence-corrected chi connectivity index (χ1v) is 10.7. The number of halogens is 1. The van der Waals surface area contributed by atoms with Crippen LogP contribution in [-0.4, -0.2) is 32.3 Å². The Hall–Kier alpha value is -2.84. The number of rotatable bonds is 4. The second kappa shape index (κ2) is 8.12. The molecule has 0 spiro atoms. The van der Waals surface area contributed by atoms with Gasteiger partial charge < -0.3 is 0 Å². The molecule has 2 amide bonds. The smallest absolute Gasteiger partial charge is 0.269 e. The van der Waals surface area contributed by atoms with Gasteiger partial charge in [-0.15, -0.1) is 10.2 Å². The number of aromatic nitrogens is 3. The van der Waals surface area contributed by atoms with Crippen LogP contribution in [0.2, 0.25) is 5.02 Å². The van der Waals surface area contributed by atoms with Crippen molar-refractivity contribution in [3.05, 3.63) is 64.7 Å². The zero-order chi connectivity index (χ0) is 21.3. The Morgan fingerprint density at radius 3 is 2.60 bits per heavy atom. The fourth-order valence-electron chi connectivity index (χ4n) is 3.49. The van der Waals surface area contributed by atoms with Gasteiger partial charge >= 0.3 is 0 Å². The summed E-state index contributed by atoms with van der Waals surface area (Å²) in [6.07, 6.45) is 0.852. The number of carbonyl (C=O) groups excluding carboxylic acids is 2. The van der Waals surface area contributed by atoms with E-state index in [0.29, 0.717) is 15.7 Å². The van der Waals surface area contributed by atoms with Crippen LogP contribution in [0, 0.1) is 0 Å². The van der Waals surface area contributed by atoms with Gasteiger partial charge in [0.15, 0.2) is 11.0 Å². The van der Waals surface area contributed by atoms with Crippen molar-refractivity contribution >= 4 is 35.2 Å². The molecule has 0 unspecified atom stereocenters. The zero-order valence-corrected chi connectivity index (χ0v) is 18.0. The van der Waals surface area contributed by atoms with Crippen molar-refractivity contribution in [1.29, 1.82) is 0 Å². The van der Waals surface area contributed by atoms with Crippen molar-refractivity contribution < 1.29 is 9.59 Å². The molecule has 1 aliphatic rings. The van der Waals surface area contributed by atoms with E-state index in [4.69, 9.17) is 11.6 Å². The lowest BCUT2D eigenvalue weighted by Gasteiger charge is -2.34. The number of hydrogen-bond acceptors (Lipinski definition) is 5. The van der Waals surface area contributed by atoms with Gasteiger partial charge in [-0.25, -0.2) is 0 Å². The van der Waals surface area contributed by atoms with Crippen molar-refractivity contribution in [3.63, 3.8) is 0 Å². The largest absolute Gasteiger partial charge is 0.296 e. The van der Waals surface area contributed by atoms with E-state index in [9.17, 15) is 9.59 Å². The highest BCUT2D eigenvalue weighted by Gasteiger charge is 2.34. The minimum Gasteiger partial charge on any atom is -0.296 e. The van der Waals surface area contributed by atoms with Gasteiger partial charge in [0.2, 0.25) is 5.91 Å². The summed E-state index contributed by atoms with van der Waals surface area (Å²) in [6.45, 7) is 4.26. The highest BCUT2D eigenvalue weighted by molar-refractivity contribution is 7.99. The molecule has 1 aliphatic heterocycles. The quantitative estimate of drug-likeness (QED) is 0.478. The molecule has 2 N–H and O–H groups in total. The lowest BCUT2D eigenvalue weighted by Crippen LogP contribution is -2.42. The maximum Gasteiger partial charge on any atom is 0.269 e.